The molecule has 0 saturated carbocycles. The quantitative estimate of drug-likeness (QED) is 0.592. The first-order chi connectivity index (χ1) is 8.29. The van der Waals surface area contributed by atoms with Gasteiger partial charge in [-0.05, 0) is 17.5 Å². The third-order valence-corrected chi connectivity index (χ3v) is 2.89. The van der Waals surface area contributed by atoms with E-state index in [2.05, 4.69) is 12.1 Å². The predicted octanol–water partition coefficient (Wildman–Crippen LogP) is 3.70. The Hall–Kier alpha value is -1.60. The Kier molecular flexibility index (Phi) is 3.94. The second-order valence-corrected chi connectivity index (χ2v) is 4.18. The molecule has 0 radical (unpaired) electrons. The van der Waals surface area contributed by atoms with Gasteiger partial charge in [0.15, 0.2) is 5.78 Å². The van der Waals surface area contributed by atoms with Crippen molar-refractivity contribution in [2.24, 2.45) is 0 Å². The Morgan fingerprint density at radius 1 is 0.882 bits per heavy atom. The molecule has 0 unspecified atom stereocenters. The van der Waals surface area contributed by atoms with Crippen LogP contribution in [0.1, 0.15) is 21.5 Å². The van der Waals surface area contributed by atoms with Crippen LogP contribution in [0.25, 0.3) is 0 Å². The fraction of sp³-hybridized carbons (Fsp3) is 0.133. The molecule has 0 aromatic heterocycles. The molecule has 0 N–H and O–H groups in total. The van der Waals surface area contributed by atoms with Crippen LogP contribution in [0.4, 0.5) is 0 Å². The summed E-state index contributed by atoms with van der Waals surface area (Å²) in [5, 5.41) is 0. The minimum atomic E-state index is -0.0297. The molecule has 0 atom stereocenters. The molecule has 2 heteroatoms. The van der Waals surface area contributed by atoms with Gasteiger partial charge in [0, 0.05) is 5.56 Å². The summed E-state index contributed by atoms with van der Waals surface area (Å²) in [7, 11) is 0. The third kappa shape index (κ3) is 3.18. The van der Waals surface area contributed by atoms with Gasteiger partial charge in [-0.1, -0.05) is 54.6 Å². The zero-order chi connectivity index (χ0) is 12.1. The number of carbonyl (C=O) groups is 1. The molecule has 2 aromatic carbocycles. The van der Waals surface area contributed by atoms with E-state index in [9.17, 15) is 4.79 Å². The Balaban J connectivity index is 2.11. The second kappa shape index (κ2) is 5.65. The maximum atomic E-state index is 11.4. The molecule has 1 nitrogen and oxygen atoms in total. The fourth-order valence-electron chi connectivity index (χ4n) is 1.72. The molecule has 86 valence electrons. The molecule has 17 heavy (non-hydrogen) atoms. The zero-order valence-electron chi connectivity index (χ0n) is 9.40. The van der Waals surface area contributed by atoms with Crippen molar-refractivity contribution in [2.45, 2.75) is 6.42 Å². The first-order valence-electron chi connectivity index (χ1n) is 5.51. The second-order valence-electron chi connectivity index (χ2n) is 3.92. The van der Waals surface area contributed by atoms with E-state index in [1.807, 2.05) is 42.5 Å². The van der Waals surface area contributed by atoms with E-state index in [4.69, 9.17) is 11.6 Å². The molecule has 2 aromatic rings. The molecule has 0 saturated heterocycles. The molecule has 0 amide bonds. The minimum absolute atomic E-state index is 0.0297. The number of halogens is 1. The number of Topliss-reactive ketones (excluding diaryl/α,β-unsaturated/α-hetero) is 1. The van der Waals surface area contributed by atoms with Crippen LogP contribution in [0.5, 0.6) is 0 Å². The summed E-state index contributed by atoms with van der Waals surface area (Å²) in [5.41, 5.74) is 3.14. The van der Waals surface area contributed by atoms with E-state index in [1.165, 1.54) is 11.1 Å². The topological polar surface area (TPSA) is 17.1 Å². The van der Waals surface area contributed by atoms with Crippen molar-refractivity contribution >= 4 is 17.4 Å². The van der Waals surface area contributed by atoms with Crippen molar-refractivity contribution in [1.29, 1.82) is 0 Å². The van der Waals surface area contributed by atoms with Crippen LogP contribution < -0.4 is 0 Å². The molecule has 0 bridgehead atoms. The Morgan fingerprint density at radius 3 is 2.06 bits per heavy atom. The van der Waals surface area contributed by atoms with Crippen molar-refractivity contribution < 1.29 is 4.79 Å². The van der Waals surface area contributed by atoms with Gasteiger partial charge >= 0.3 is 0 Å². The highest BCUT2D eigenvalue weighted by Crippen LogP contribution is 2.11. The zero-order valence-corrected chi connectivity index (χ0v) is 10.2. The van der Waals surface area contributed by atoms with Crippen LogP contribution in [0, 0.1) is 0 Å². The number of benzene rings is 2. The molecule has 0 aliphatic carbocycles. The monoisotopic (exact) mass is 244 g/mol. The molecular formula is C15H13ClO. The van der Waals surface area contributed by atoms with Crippen LogP contribution in [0.3, 0.4) is 0 Å². The van der Waals surface area contributed by atoms with E-state index < -0.39 is 0 Å². The van der Waals surface area contributed by atoms with Crippen LogP contribution in [0.15, 0.2) is 54.6 Å². The average Bonchev–Trinajstić information content (AvgIpc) is 2.40. The molecular weight excluding hydrogens is 232 g/mol. The summed E-state index contributed by atoms with van der Waals surface area (Å²) in [4.78, 5) is 11.4. The van der Waals surface area contributed by atoms with Gasteiger partial charge < -0.3 is 0 Å². The van der Waals surface area contributed by atoms with E-state index in [0.29, 0.717) is 5.56 Å². The standard InChI is InChI=1S/C15H13ClO/c16-11-15(17)14-8-6-13(7-9-14)10-12-4-2-1-3-5-12/h1-9H,10-11H2. The van der Waals surface area contributed by atoms with Gasteiger partial charge in [-0.15, -0.1) is 11.6 Å². The number of rotatable bonds is 4. The van der Waals surface area contributed by atoms with Crippen molar-refractivity contribution in [3.63, 3.8) is 0 Å². The first-order valence-corrected chi connectivity index (χ1v) is 6.05. The number of alkyl halides is 1. The lowest BCUT2D eigenvalue weighted by Gasteiger charge is -2.03. The van der Waals surface area contributed by atoms with E-state index in [0.717, 1.165) is 6.42 Å². The molecule has 0 spiro atoms. The molecule has 0 fully saturated rings. The van der Waals surface area contributed by atoms with Gasteiger partial charge in [0.1, 0.15) is 0 Å². The third-order valence-electron chi connectivity index (χ3n) is 2.65. The number of hydrogen-bond acceptors (Lipinski definition) is 1. The summed E-state index contributed by atoms with van der Waals surface area (Å²) >= 11 is 5.51. The van der Waals surface area contributed by atoms with Gasteiger partial charge in [0.05, 0.1) is 5.88 Å². The van der Waals surface area contributed by atoms with Crippen LogP contribution in [0.2, 0.25) is 0 Å². The smallest absolute Gasteiger partial charge is 0.177 e. The first kappa shape index (κ1) is 11.9. The summed E-state index contributed by atoms with van der Waals surface area (Å²) in [6.45, 7) is 0. The number of hydrogen-bond donors (Lipinski definition) is 0. The van der Waals surface area contributed by atoms with Gasteiger partial charge in [-0.3, -0.25) is 4.79 Å². The minimum Gasteiger partial charge on any atom is -0.293 e. The van der Waals surface area contributed by atoms with E-state index >= 15 is 0 Å². The van der Waals surface area contributed by atoms with Gasteiger partial charge in [-0.2, -0.15) is 0 Å². The fourth-order valence-corrected chi connectivity index (χ4v) is 1.87. The van der Waals surface area contributed by atoms with Gasteiger partial charge in [-0.25, -0.2) is 0 Å². The molecule has 0 heterocycles. The Labute approximate surface area is 106 Å². The number of carbonyl (C=O) groups excluding carboxylic acids is 1. The highest BCUT2D eigenvalue weighted by Gasteiger charge is 2.03. The summed E-state index contributed by atoms with van der Waals surface area (Å²) in [5.74, 6) is 0.0100. The lowest BCUT2D eigenvalue weighted by atomic mass is 10.0. The van der Waals surface area contributed by atoms with Crippen molar-refractivity contribution in [2.75, 3.05) is 5.88 Å². The maximum absolute atomic E-state index is 11.4. The van der Waals surface area contributed by atoms with Crippen LogP contribution >= 0.6 is 11.6 Å². The van der Waals surface area contributed by atoms with Crippen molar-refractivity contribution in [1.82, 2.24) is 0 Å². The van der Waals surface area contributed by atoms with Crippen LogP contribution in [-0.2, 0) is 6.42 Å². The SMILES string of the molecule is O=C(CCl)c1ccc(Cc2ccccc2)cc1. The van der Waals surface area contributed by atoms with Gasteiger partial charge in [0.25, 0.3) is 0 Å². The molecule has 0 aliphatic heterocycles. The summed E-state index contributed by atoms with van der Waals surface area (Å²) < 4.78 is 0. The van der Waals surface area contributed by atoms with Crippen molar-refractivity contribution in [3.8, 4) is 0 Å². The van der Waals surface area contributed by atoms with Gasteiger partial charge in [0.2, 0.25) is 0 Å². The molecule has 0 aliphatic rings. The highest BCUT2D eigenvalue weighted by molar-refractivity contribution is 6.30. The number of ketones is 1. The Bertz CT molecular complexity index is 488. The van der Waals surface area contributed by atoms with Crippen LogP contribution in [-0.4, -0.2) is 11.7 Å². The largest absolute Gasteiger partial charge is 0.293 e. The lowest BCUT2D eigenvalue weighted by molar-refractivity contribution is 0.102. The Morgan fingerprint density at radius 2 is 1.47 bits per heavy atom. The van der Waals surface area contributed by atoms with E-state index in [1.54, 1.807) is 0 Å². The predicted molar refractivity (Wildman–Crippen MR) is 70.7 cm³/mol. The van der Waals surface area contributed by atoms with Crippen molar-refractivity contribution in [3.05, 3.63) is 71.3 Å². The highest BCUT2D eigenvalue weighted by atomic mass is 35.5. The molecule has 2 rings (SSSR count). The normalized spacial score (nSPS) is 10.2. The maximum Gasteiger partial charge on any atom is 0.177 e. The average molecular weight is 245 g/mol. The van der Waals surface area contributed by atoms with E-state index in [-0.39, 0.29) is 11.7 Å². The lowest BCUT2D eigenvalue weighted by Crippen LogP contribution is -2.00. The summed E-state index contributed by atoms with van der Waals surface area (Å²) in [6.07, 6.45) is 0.885. The summed E-state index contributed by atoms with van der Waals surface area (Å²) in [6, 6.07) is 17.9.